The van der Waals surface area contributed by atoms with E-state index in [2.05, 4.69) is 34.9 Å². The lowest BCUT2D eigenvalue weighted by Crippen LogP contribution is -2.38. The van der Waals surface area contributed by atoms with Crippen LogP contribution in [0.15, 0.2) is 48.5 Å². The molecule has 3 rings (SSSR count). The summed E-state index contributed by atoms with van der Waals surface area (Å²) in [7, 11) is 0. The molecular weight excluding hydrogens is 420 g/mol. The fraction of sp³-hybridized carbons (Fsp3) is 0.423. The summed E-state index contributed by atoms with van der Waals surface area (Å²) >= 11 is 0. The summed E-state index contributed by atoms with van der Waals surface area (Å²) in [5, 5.41) is 14.1. The Bertz CT molecular complexity index is 945. The van der Waals surface area contributed by atoms with Crippen LogP contribution in [0.2, 0.25) is 0 Å². The lowest BCUT2D eigenvalue weighted by molar-refractivity contribution is -0.141. The summed E-state index contributed by atoms with van der Waals surface area (Å²) in [6.45, 7) is 4.22. The first-order valence-corrected chi connectivity index (χ1v) is 11.5. The van der Waals surface area contributed by atoms with Crippen LogP contribution < -0.4 is 10.6 Å². The summed E-state index contributed by atoms with van der Waals surface area (Å²) in [6.07, 6.45) is 2.05. The number of rotatable bonds is 11. The van der Waals surface area contributed by atoms with Crippen LogP contribution in [0.5, 0.6) is 0 Å². The normalized spacial score (nSPS) is 14.0. The number of carboxylic acids is 1. The van der Waals surface area contributed by atoms with Gasteiger partial charge in [0.25, 0.3) is 0 Å². The van der Waals surface area contributed by atoms with E-state index in [-0.39, 0.29) is 30.8 Å². The third kappa shape index (κ3) is 6.34. The van der Waals surface area contributed by atoms with Gasteiger partial charge >= 0.3 is 12.1 Å². The van der Waals surface area contributed by atoms with E-state index < -0.39 is 18.1 Å². The molecule has 0 aliphatic heterocycles. The van der Waals surface area contributed by atoms with Gasteiger partial charge in [-0.25, -0.2) is 4.79 Å². The molecule has 2 aromatic rings. The molecule has 1 aliphatic rings. The number of ether oxygens (including phenoxy) is 1. The number of carboxylic acid groups (broad SMARTS) is 1. The number of alkyl carbamates (subject to hydrolysis) is 1. The highest BCUT2D eigenvalue weighted by molar-refractivity contribution is 5.83. The van der Waals surface area contributed by atoms with Gasteiger partial charge in [-0.3, -0.25) is 9.59 Å². The molecule has 0 fully saturated rings. The first kappa shape index (κ1) is 24.3. The van der Waals surface area contributed by atoms with Gasteiger partial charge in [-0.15, -0.1) is 0 Å². The number of amides is 2. The van der Waals surface area contributed by atoms with Crippen molar-refractivity contribution in [2.45, 2.75) is 51.5 Å². The molecule has 0 spiro atoms. The number of nitrogens with one attached hydrogen (secondary N) is 2. The highest BCUT2D eigenvalue weighted by Gasteiger charge is 2.29. The highest BCUT2D eigenvalue weighted by atomic mass is 16.5. The molecule has 2 atom stereocenters. The molecule has 33 heavy (non-hydrogen) atoms. The number of aliphatic carboxylic acids is 1. The first-order chi connectivity index (χ1) is 15.9. The highest BCUT2D eigenvalue weighted by Crippen LogP contribution is 2.44. The van der Waals surface area contributed by atoms with Gasteiger partial charge < -0.3 is 20.5 Å². The molecule has 0 aromatic heterocycles. The van der Waals surface area contributed by atoms with Gasteiger partial charge in [-0.1, -0.05) is 61.9 Å². The molecule has 0 saturated heterocycles. The van der Waals surface area contributed by atoms with Crippen LogP contribution in [0.1, 0.15) is 56.6 Å². The Morgan fingerprint density at radius 1 is 1.00 bits per heavy atom. The molecule has 0 radical (unpaired) electrons. The monoisotopic (exact) mass is 452 g/mol. The Labute approximate surface area is 194 Å². The second-order valence-electron chi connectivity index (χ2n) is 8.48. The summed E-state index contributed by atoms with van der Waals surface area (Å²) < 4.78 is 5.55. The number of hydrogen-bond donors (Lipinski definition) is 3. The number of benzene rings is 2. The summed E-state index contributed by atoms with van der Waals surface area (Å²) in [5.41, 5.74) is 4.73. The van der Waals surface area contributed by atoms with Crippen molar-refractivity contribution in [2.75, 3.05) is 13.2 Å². The van der Waals surface area contributed by atoms with Gasteiger partial charge in [0.2, 0.25) is 5.91 Å². The van der Waals surface area contributed by atoms with Crippen LogP contribution >= 0.6 is 0 Å². The lowest BCUT2D eigenvalue weighted by Gasteiger charge is -2.17. The van der Waals surface area contributed by atoms with Gasteiger partial charge in [0.15, 0.2) is 0 Å². The third-order valence-corrected chi connectivity index (χ3v) is 6.27. The van der Waals surface area contributed by atoms with Crippen LogP contribution in [-0.2, 0) is 14.3 Å². The third-order valence-electron chi connectivity index (χ3n) is 6.27. The number of carbonyl (C=O) groups is 3. The average Bonchev–Trinajstić information content (AvgIpc) is 3.13. The standard InChI is InChI=1S/C26H32N2O5/c1-3-18(12-13-24(29)28-17(2)25(30)31)14-15-27-26(32)33-16-23-21-10-6-4-8-19(21)20-9-5-7-11-22(20)23/h4-11,17-18,23H,3,12-16H2,1-2H3,(H,27,32)(H,28,29)(H,30,31). The molecule has 2 aromatic carbocycles. The maximum absolute atomic E-state index is 12.3. The Morgan fingerprint density at radius 2 is 1.61 bits per heavy atom. The molecule has 0 saturated carbocycles. The van der Waals surface area contributed by atoms with Crippen LogP contribution in [-0.4, -0.2) is 42.3 Å². The van der Waals surface area contributed by atoms with E-state index in [0.717, 1.165) is 12.8 Å². The maximum atomic E-state index is 12.3. The van der Waals surface area contributed by atoms with E-state index in [1.807, 2.05) is 31.2 Å². The topological polar surface area (TPSA) is 105 Å². The Balaban J connectivity index is 1.42. The van der Waals surface area contributed by atoms with E-state index in [0.29, 0.717) is 13.0 Å². The summed E-state index contributed by atoms with van der Waals surface area (Å²) in [5.74, 6) is -1.04. The minimum absolute atomic E-state index is 0.0262. The zero-order valence-corrected chi connectivity index (χ0v) is 19.2. The molecule has 0 bridgehead atoms. The van der Waals surface area contributed by atoms with Gasteiger partial charge in [-0.05, 0) is 47.9 Å². The van der Waals surface area contributed by atoms with Crippen molar-refractivity contribution in [1.29, 1.82) is 0 Å². The first-order valence-electron chi connectivity index (χ1n) is 11.5. The second-order valence-corrected chi connectivity index (χ2v) is 8.48. The van der Waals surface area contributed by atoms with E-state index in [1.165, 1.54) is 29.2 Å². The minimum atomic E-state index is -1.05. The molecule has 7 heteroatoms. The second kappa shape index (κ2) is 11.5. The predicted octanol–water partition coefficient (Wildman–Crippen LogP) is 4.31. The van der Waals surface area contributed by atoms with Gasteiger partial charge in [0, 0.05) is 18.9 Å². The fourth-order valence-corrected chi connectivity index (χ4v) is 4.29. The Hall–Kier alpha value is -3.35. The molecule has 176 valence electrons. The zero-order valence-electron chi connectivity index (χ0n) is 19.2. The van der Waals surface area contributed by atoms with Crippen molar-refractivity contribution in [2.24, 2.45) is 5.92 Å². The fourth-order valence-electron chi connectivity index (χ4n) is 4.29. The summed E-state index contributed by atoms with van der Waals surface area (Å²) in [4.78, 5) is 35.0. The number of hydrogen-bond acceptors (Lipinski definition) is 4. The van der Waals surface area contributed by atoms with Gasteiger partial charge in [-0.2, -0.15) is 0 Å². The van der Waals surface area contributed by atoms with Crippen molar-refractivity contribution in [1.82, 2.24) is 10.6 Å². The SMILES string of the molecule is CCC(CCNC(=O)OCC1c2ccccc2-c2ccccc21)CCC(=O)NC(C)C(=O)O. The quantitative estimate of drug-likeness (QED) is 0.471. The minimum Gasteiger partial charge on any atom is -0.480 e. The Morgan fingerprint density at radius 3 is 2.18 bits per heavy atom. The molecule has 0 heterocycles. The van der Waals surface area contributed by atoms with Crippen molar-refractivity contribution in [3.63, 3.8) is 0 Å². The summed E-state index contributed by atoms with van der Waals surface area (Å²) in [6, 6.07) is 15.5. The van der Waals surface area contributed by atoms with Crippen LogP contribution in [0.3, 0.4) is 0 Å². The van der Waals surface area contributed by atoms with Crippen molar-refractivity contribution < 1.29 is 24.2 Å². The van der Waals surface area contributed by atoms with Crippen molar-refractivity contribution in [3.8, 4) is 11.1 Å². The van der Waals surface area contributed by atoms with Gasteiger partial charge in [0.05, 0.1) is 0 Å². The van der Waals surface area contributed by atoms with Crippen LogP contribution in [0.25, 0.3) is 11.1 Å². The zero-order chi connectivity index (χ0) is 23.8. The smallest absolute Gasteiger partial charge is 0.407 e. The van der Waals surface area contributed by atoms with Crippen molar-refractivity contribution in [3.05, 3.63) is 59.7 Å². The molecular formula is C26H32N2O5. The molecule has 7 nitrogen and oxygen atoms in total. The number of carbonyl (C=O) groups excluding carboxylic acids is 2. The molecule has 1 aliphatic carbocycles. The van der Waals surface area contributed by atoms with Crippen LogP contribution in [0, 0.1) is 5.92 Å². The average molecular weight is 453 g/mol. The van der Waals surface area contributed by atoms with E-state index in [9.17, 15) is 14.4 Å². The molecule has 2 amide bonds. The van der Waals surface area contributed by atoms with Crippen LogP contribution in [0.4, 0.5) is 4.79 Å². The lowest BCUT2D eigenvalue weighted by atomic mass is 9.96. The van der Waals surface area contributed by atoms with Gasteiger partial charge in [0.1, 0.15) is 12.6 Å². The maximum Gasteiger partial charge on any atom is 0.407 e. The molecule has 3 N–H and O–H groups in total. The van der Waals surface area contributed by atoms with E-state index >= 15 is 0 Å². The molecule has 2 unspecified atom stereocenters. The van der Waals surface area contributed by atoms with E-state index in [4.69, 9.17) is 9.84 Å². The predicted molar refractivity (Wildman–Crippen MR) is 126 cm³/mol. The van der Waals surface area contributed by atoms with Crippen molar-refractivity contribution >= 4 is 18.0 Å². The largest absolute Gasteiger partial charge is 0.480 e. The van der Waals surface area contributed by atoms with E-state index in [1.54, 1.807) is 0 Å². The number of fused-ring (bicyclic) bond motifs is 3. The Kier molecular flexibility index (Phi) is 8.46.